The van der Waals surface area contributed by atoms with E-state index in [0.29, 0.717) is 29.7 Å². The number of nitrogens with one attached hydrogen (secondary N) is 2. The molecule has 1 fully saturated rings. The highest BCUT2D eigenvalue weighted by Crippen LogP contribution is 2.21. The molecule has 5 nitrogen and oxygen atoms in total. The van der Waals surface area contributed by atoms with E-state index in [4.69, 9.17) is 4.74 Å². The molecule has 1 atom stereocenters. The van der Waals surface area contributed by atoms with Crippen molar-refractivity contribution in [3.05, 3.63) is 52.6 Å². The van der Waals surface area contributed by atoms with Crippen LogP contribution in [0.2, 0.25) is 0 Å². The number of carbonyl (C=O) groups is 1. The third kappa shape index (κ3) is 4.79. The maximum atomic E-state index is 12.2. The lowest BCUT2D eigenvalue weighted by Gasteiger charge is -2.22. The van der Waals surface area contributed by atoms with Gasteiger partial charge in [-0.2, -0.15) is 0 Å². The van der Waals surface area contributed by atoms with E-state index in [0.717, 1.165) is 24.0 Å². The Morgan fingerprint density at radius 3 is 2.79 bits per heavy atom. The number of piperidine rings is 1. The molecule has 2 heterocycles. The van der Waals surface area contributed by atoms with Gasteiger partial charge in [0.15, 0.2) is 0 Å². The average molecular weight is 390 g/mol. The molecular formula is C18H20BrN3O2. The van der Waals surface area contributed by atoms with E-state index in [1.165, 1.54) is 6.42 Å². The fraction of sp³-hybridized carbons (Fsp3) is 0.333. The van der Waals surface area contributed by atoms with Gasteiger partial charge in [-0.1, -0.05) is 15.9 Å². The Hall–Kier alpha value is -1.92. The Balaban J connectivity index is 1.53. The predicted octanol–water partition coefficient (Wildman–Crippen LogP) is 3.37. The third-order valence-electron chi connectivity index (χ3n) is 3.98. The predicted molar refractivity (Wildman–Crippen MR) is 96.4 cm³/mol. The molecule has 1 unspecified atom stereocenters. The Bertz CT molecular complexity index is 668. The van der Waals surface area contributed by atoms with Crippen molar-refractivity contribution < 1.29 is 9.53 Å². The number of halogens is 1. The first-order chi connectivity index (χ1) is 11.7. The minimum absolute atomic E-state index is 0.0942. The number of amides is 1. The van der Waals surface area contributed by atoms with Gasteiger partial charge in [0.05, 0.1) is 5.56 Å². The lowest BCUT2D eigenvalue weighted by Crippen LogP contribution is -2.38. The molecule has 0 aliphatic carbocycles. The van der Waals surface area contributed by atoms with Crippen molar-refractivity contribution in [3.63, 3.8) is 0 Å². The zero-order valence-corrected chi connectivity index (χ0v) is 14.9. The number of rotatable bonds is 5. The zero-order valence-electron chi connectivity index (χ0n) is 13.3. The number of hydrogen-bond donors (Lipinski definition) is 2. The highest BCUT2D eigenvalue weighted by atomic mass is 79.9. The highest BCUT2D eigenvalue weighted by Gasteiger charge is 2.14. The number of nitrogens with zero attached hydrogens (tertiary/aromatic N) is 1. The summed E-state index contributed by atoms with van der Waals surface area (Å²) in [6.45, 7) is 2.75. The first-order valence-corrected chi connectivity index (χ1v) is 8.88. The second-order valence-corrected chi connectivity index (χ2v) is 6.78. The van der Waals surface area contributed by atoms with Gasteiger partial charge >= 0.3 is 0 Å². The fourth-order valence-corrected chi connectivity index (χ4v) is 2.90. The second-order valence-electron chi connectivity index (χ2n) is 5.86. The summed E-state index contributed by atoms with van der Waals surface area (Å²) in [5.74, 6) is 1.58. The number of aromatic nitrogens is 1. The minimum atomic E-state index is -0.0942. The summed E-state index contributed by atoms with van der Waals surface area (Å²) in [7, 11) is 0. The summed E-state index contributed by atoms with van der Waals surface area (Å²) in [5, 5.41) is 6.33. The lowest BCUT2D eigenvalue weighted by atomic mass is 10.00. The molecule has 0 saturated carbocycles. The van der Waals surface area contributed by atoms with Crippen LogP contribution in [-0.4, -0.2) is 30.5 Å². The summed E-state index contributed by atoms with van der Waals surface area (Å²) in [6.07, 6.45) is 3.87. The minimum Gasteiger partial charge on any atom is -0.439 e. The summed E-state index contributed by atoms with van der Waals surface area (Å²) in [5.41, 5.74) is 0.543. The van der Waals surface area contributed by atoms with Crippen molar-refractivity contribution in [3.8, 4) is 11.6 Å². The quantitative estimate of drug-likeness (QED) is 0.822. The van der Waals surface area contributed by atoms with Gasteiger partial charge in [0.1, 0.15) is 5.75 Å². The molecule has 1 saturated heterocycles. The van der Waals surface area contributed by atoms with Crippen LogP contribution in [0.15, 0.2) is 47.1 Å². The molecule has 126 valence electrons. The molecule has 1 aliphatic heterocycles. The molecule has 3 rings (SSSR count). The number of ether oxygens (including phenoxy) is 1. The number of pyridine rings is 1. The highest BCUT2D eigenvalue weighted by molar-refractivity contribution is 9.10. The molecule has 0 bridgehead atoms. The first kappa shape index (κ1) is 16.9. The third-order valence-corrected chi connectivity index (χ3v) is 4.51. The maximum Gasteiger partial charge on any atom is 0.252 e. The average Bonchev–Trinajstić information content (AvgIpc) is 2.63. The van der Waals surface area contributed by atoms with E-state index in [-0.39, 0.29) is 5.91 Å². The molecule has 24 heavy (non-hydrogen) atoms. The monoisotopic (exact) mass is 389 g/mol. The second kappa shape index (κ2) is 8.26. The van der Waals surface area contributed by atoms with E-state index >= 15 is 0 Å². The van der Waals surface area contributed by atoms with Gasteiger partial charge in [-0.15, -0.1) is 0 Å². The molecule has 0 radical (unpaired) electrons. The smallest absolute Gasteiger partial charge is 0.252 e. The van der Waals surface area contributed by atoms with E-state index in [1.807, 2.05) is 24.3 Å². The number of hydrogen-bond acceptors (Lipinski definition) is 4. The first-order valence-electron chi connectivity index (χ1n) is 8.09. The van der Waals surface area contributed by atoms with Gasteiger partial charge in [0.2, 0.25) is 5.88 Å². The molecule has 1 aromatic carbocycles. The molecule has 1 aliphatic rings. The maximum absolute atomic E-state index is 12.2. The van der Waals surface area contributed by atoms with E-state index in [1.54, 1.807) is 18.3 Å². The van der Waals surface area contributed by atoms with Gasteiger partial charge < -0.3 is 15.4 Å². The van der Waals surface area contributed by atoms with Crippen LogP contribution in [0, 0.1) is 5.92 Å². The Kier molecular flexibility index (Phi) is 5.82. The molecule has 0 spiro atoms. The van der Waals surface area contributed by atoms with Crippen LogP contribution in [0.4, 0.5) is 0 Å². The van der Waals surface area contributed by atoms with Crippen molar-refractivity contribution >= 4 is 21.8 Å². The number of carbonyl (C=O) groups excluding carboxylic acids is 1. The van der Waals surface area contributed by atoms with Gasteiger partial charge in [0.25, 0.3) is 5.91 Å². The van der Waals surface area contributed by atoms with E-state index < -0.39 is 0 Å². The largest absolute Gasteiger partial charge is 0.439 e. The standard InChI is InChI=1S/C18H20BrN3O2/c19-15-4-6-16(7-5-15)24-17-8-3-14(12-21-17)18(23)22-11-13-2-1-9-20-10-13/h3-8,12-13,20H,1-2,9-11H2,(H,22,23). The topological polar surface area (TPSA) is 63.2 Å². The van der Waals surface area contributed by atoms with Crippen LogP contribution in [0.3, 0.4) is 0 Å². The Morgan fingerprint density at radius 2 is 2.12 bits per heavy atom. The molecule has 1 amide bonds. The van der Waals surface area contributed by atoms with Gasteiger partial charge in [-0.25, -0.2) is 4.98 Å². The van der Waals surface area contributed by atoms with Crippen LogP contribution in [0.5, 0.6) is 11.6 Å². The fourth-order valence-electron chi connectivity index (χ4n) is 2.64. The molecule has 1 aromatic heterocycles. The van der Waals surface area contributed by atoms with Crippen molar-refractivity contribution in [1.29, 1.82) is 0 Å². The summed E-state index contributed by atoms with van der Waals surface area (Å²) in [4.78, 5) is 16.4. The van der Waals surface area contributed by atoms with Crippen LogP contribution in [-0.2, 0) is 0 Å². The van der Waals surface area contributed by atoms with Crippen molar-refractivity contribution in [2.75, 3.05) is 19.6 Å². The van der Waals surface area contributed by atoms with Gasteiger partial charge in [-0.05, 0) is 62.2 Å². The number of benzene rings is 1. The van der Waals surface area contributed by atoms with Gasteiger partial charge in [0, 0.05) is 23.3 Å². The molecule has 2 aromatic rings. The summed E-state index contributed by atoms with van der Waals surface area (Å²) >= 11 is 3.38. The van der Waals surface area contributed by atoms with Crippen LogP contribution in [0.25, 0.3) is 0 Å². The lowest BCUT2D eigenvalue weighted by molar-refractivity contribution is 0.0944. The SMILES string of the molecule is O=C(NCC1CCCNC1)c1ccc(Oc2ccc(Br)cc2)nc1. The summed E-state index contributed by atoms with van der Waals surface area (Å²) in [6, 6.07) is 10.9. The molecule has 2 N–H and O–H groups in total. The van der Waals surface area contributed by atoms with Crippen molar-refractivity contribution in [2.45, 2.75) is 12.8 Å². The van der Waals surface area contributed by atoms with E-state index in [2.05, 4.69) is 31.5 Å². The summed E-state index contributed by atoms with van der Waals surface area (Å²) < 4.78 is 6.64. The van der Waals surface area contributed by atoms with Crippen LogP contribution >= 0.6 is 15.9 Å². The van der Waals surface area contributed by atoms with Crippen molar-refractivity contribution in [2.24, 2.45) is 5.92 Å². The van der Waals surface area contributed by atoms with Crippen LogP contribution in [0.1, 0.15) is 23.2 Å². The van der Waals surface area contributed by atoms with Gasteiger partial charge in [-0.3, -0.25) is 4.79 Å². The van der Waals surface area contributed by atoms with Crippen LogP contribution < -0.4 is 15.4 Å². The molecular weight excluding hydrogens is 370 g/mol. The molecule has 6 heteroatoms. The zero-order chi connectivity index (χ0) is 16.8. The Labute approximate surface area is 149 Å². The normalized spacial score (nSPS) is 17.3. The van der Waals surface area contributed by atoms with Crippen molar-refractivity contribution in [1.82, 2.24) is 15.6 Å². The Morgan fingerprint density at radius 1 is 1.29 bits per heavy atom. The van der Waals surface area contributed by atoms with E-state index in [9.17, 15) is 4.79 Å².